The van der Waals surface area contributed by atoms with Crippen LogP contribution in [0, 0.1) is 12.8 Å². The van der Waals surface area contributed by atoms with Gasteiger partial charge in [-0.15, -0.1) is 11.3 Å². The summed E-state index contributed by atoms with van der Waals surface area (Å²) in [5.74, 6) is 0.731. The standard InChI is InChI=1S/C16H25N3O2S/c1-4-21-15(20)13-6-5-8-19(11-13)16(17-3)18-10-14-12(2)7-9-22-14/h7,9,13H,4-6,8,10-11H2,1-3H3,(H,17,18)/t13-/m1/s1. The van der Waals surface area contributed by atoms with Crippen LogP contribution in [0.3, 0.4) is 0 Å². The van der Waals surface area contributed by atoms with Crippen molar-refractivity contribution in [3.63, 3.8) is 0 Å². The highest BCUT2D eigenvalue weighted by Gasteiger charge is 2.28. The molecule has 1 aromatic rings. The molecule has 0 aliphatic carbocycles. The Morgan fingerprint density at radius 2 is 2.41 bits per heavy atom. The fourth-order valence-corrected chi connectivity index (χ4v) is 3.54. The first-order valence-electron chi connectivity index (χ1n) is 7.81. The molecule has 1 aliphatic heterocycles. The van der Waals surface area contributed by atoms with Gasteiger partial charge in [-0.05, 0) is 43.7 Å². The molecule has 1 atom stereocenters. The van der Waals surface area contributed by atoms with Gasteiger partial charge in [-0.25, -0.2) is 0 Å². The third kappa shape index (κ3) is 4.22. The molecule has 2 rings (SSSR count). The number of ether oxygens (including phenoxy) is 1. The Kier molecular flexibility index (Phi) is 6.24. The number of rotatable bonds is 4. The van der Waals surface area contributed by atoms with E-state index in [-0.39, 0.29) is 11.9 Å². The summed E-state index contributed by atoms with van der Waals surface area (Å²) < 4.78 is 5.15. The van der Waals surface area contributed by atoms with Crippen LogP contribution in [0.1, 0.15) is 30.2 Å². The number of nitrogens with one attached hydrogen (secondary N) is 1. The van der Waals surface area contributed by atoms with Crippen molar-refractivity contribution in [2.24, 2.45) is 10.9 Å². The third-order valence-electron chi connectivity index (χ3n) is 3.93. The summed E-state index contributed by atoms with van der Waals surface area (Å²) in [6, 6.07) is 2.13. The molecular formula is C16H25N3O2S. The quantitative estimate of drug-likeness (QED) is 0.525. The van der Waals surface area contributed by atoms with Crippen LogP contribution >= 0.6 is 11.3 Å². The van der Waals surface area contributed by atoms with Gasteiger partial charge in [-0.2, -0.15) is 0 Å². The van der Waals surface area contributed by atoms with Crippen LogP contribution in [-0.2, 0) is 16.1 Å². The highest BCUT2D eigenvalue weighted by Crippen LogP contribution is 2.19. The van der Waals surface area contributed by atoms with E-state index in [1.54, 1.807) is 18.4 Å². The van der Waals surface area contributed by atoms with E-state index in [1.807, 2.05) is 6.92 Å². The van der Waals surface area contributed by atoms with Crippen LogP contribution in [0.15, 0.2) is 16.4 Å². The van der Waals surface area contributed by atoms with Gasteiger partial charge in [0.1, 0.15) is 0 Å². The number of nitrogens with zero attached hydrogens (tertiary/aromatic N) is 2. The highest BCUT2D eigenvalue weighted by atomic mass is 32.1. The molecule has 0 bridgehead atoms. The number of hydrogen-bond donors (Lipinski definition) is 1. The molecule has 0 spiro atoms. The van der Waals surface area contributed by atoms with E-state index in [4.69, 9.17) is 4.74 Å². The van der Waals surface area contributed by atoms with Gasteiger partial charge in [0.05, 0.1) is 19.1 Å². The molecule has 0 unspecified atom stereocenters. The maximum atomic E-state index is 11.9. The van der Waals surface area contributed by atoms with Crippen LogP contribution in [0.5, 0.6) is 0 Å². The van der Waals surface area contributed by atoms with Crippen LogP contribution in [0.4, 0.5) is 0 Å². The topological polar surface area (TPSA) is 53.9 Å². The summed E-state index contributed by atoms with van der Waals surface area (Å²) in [5.41, 5.74) is 1.30. The van der Waals surface area contributed by atoms with Crippen LogP contribution in [-0.4, -0.2) is 43.6 Å². The lowest BCUT2D eigenvalue weighted by molar-refractivity contribution is -0.149. The summed E-state index contributed by atoms with van der Waals surface area (Å²) in [7, 11) is 1.79. The first kappa shape index (κ1) is 16.8. The second-order valence-corrected chi connectivity index (χ2v) is 6.47. The van der Waals surface area contributed by atoms with Gasteiger partial charge < -0.3 is 15.0 Å². The number of esters is 1. The monoisotopic (exact) mass is 323 g/mol. The van der Waals surface area contributed by atoms with E-state index in [2.05, 4.69) is 33.6 Å². The van der Waals surface area contributed by atoms with E-state index >= 15 is 0 Å². The Bertz CT molecular complexity index is 527. The van der Waals surface area contributed by atoms with Crippen molar-refractivity contribution >= 4 is 23.3 Å². The number of carbonyl (C=O) groups excluding carboxylic acids is 1. The van der Waals surface area contributed by atoms with Crippen molar-refractivity contribution in [1.82, 2.24) is 10.2 Å². The number of guanidine groups is 1. The smallest absolute Gasteiger partial charge is 0.310 e. The number of piperidine rings is 1. The number of hydrogen-bond acceptors (Lipinski definition) is 4. The van der Waals surface area contributed by atoms with Crippen molar-refractivity contribution < 1.29 is 9.53 Å². The maximum absolute atomic E-state index is 11.9. The van der Waals surface area contributed by atoms with E-state index in [0.717, 1.165) is 31.9 Å². The molecule has 1 N–H and O–H groups in total. The fraction of sp³-hybridized carbons (Fsp3) is 0.625. The molecule has 6 heteroatoms. The third-order valence-corrected chi connectivity index (χ3v) is 4.95. The van der Waals surface area contributed by atoms with Crippen molar-refractivity contribution in [1.29, 1.82) is 0 Å². The Morgan fingerprint density at radius 1 is 1.59 bits per heavy atom. The molecule has 1 aromatic heterocycles. The first-order chi connectivity index (χ1) is 10.7. The molecule has 1 fully saturated rings. The average molecular weight is 323 g/mol. The van der Waals surface area contributed by atoms with Crippen LogP contribution in [0.2, 0.25) is 0 Å². The predicted octanol–water partition coefficient (Wildman–Crippen LogP) is 2.41. The zero-order valence-electron chi connectivity index (χ0n) is 13.6. The van der Waals surface area contributed by atoms with E-state index < -0.39 is 0 Å². The Morgan fingerprint density at radius 3 is 3.05 bits per heavy atom. The Balaban J connectivity index is 1.92. The highest BCUT2D eigenvalue weighted by molar-refractivity contribution is 7.10. The summed E-state index contributed by atoms with van der Waals surface area (Å²) in [5, 5.41) is 5.51. The van der Waals surface area contributed by atoms with Gasteiger partial charge in [-0.3, -0.25) is 9.79 Å². The molecule has 1 aliphatic rings. The predicted molar refractivity (Wildman–Crippen MR) is 90.2 cm³/mol. The number of aryl methyl sites for hydroxylation is 1. The zero-order valence-corrected chi connectivity index (χ0v) is 14.4. The average Bonchev–Trinajstić information content (AvgIpc) is 2.94. The SMILES string of the molecule is CCOC(=O)[C@@H]1CCCN(C(=NC)NCc2sccc2C)C1. The lowest BCUT2D eigenvalue weighted by Gasteiger charge is -2.33. The first-order valence-corrected chi connectivity index (χ1v) is 8.68. The van der Waals surface area contributed by atoms with Crippen molar-refractivity contribution in [3.8, 4) is 0 Å². The molecule has 22 heavy (non-hydrogen) atoms. The fourth-order valence-electron chi connectivity index (χ4n) is 2.70. The largest absolute Gasteiger partial charge is 0.466 e. The molecule has 1 saturated heterocycles. The second-order valence-electron chi connectivity index (χ2n) is 5.46. The maximum Gasteiger partial charge on any atom is 0.310 e. The number of aliphatic imine (C=N–C) groups is 1. The number of carbonyl (C=O) groups is 1. The minimum absolute atomic E-state index is 0.0456. The van der Waals surface area contributed by atoms with Crippen molar-refractivity contribution in [3.05, 3.63) is 21.9 Å². The minimum Gasteiger partial charge on any atom is -0.466 e. The van der Waals surface area contributed by atoms with Gasteiger partial charge in [0.2, 0.25) is 0 Å². The Labute approximate surface area is 136 Å². The van der Waals surface area contributed by atoms with Crippen LogP contribution < -0.4 is 5.32 Å². The molecule has 5 nitrogen and oxygen atoms in total. The van der Waals surface area contributed by atoms with Gasteiger partial charge in [0.15, 0.2) is 5.96 Å². The summed E-state index contributed by atoms with van der Waals surface area (Å²) >= 11 is 1.75. The molecule has 0 saturated carbocycles. The minimum atomic E-state index is -0.0863. The summed E-state index contributed by atoms with van der Waals surface area (Å²) in [6.45, 7) is 6.80. The lowest BCUT2D eigenvalue weighted by atomic mass is 9.98. The normalized spacial score (nSPS) is 19.1. The van der Waals surface area contributed by atoms with E-state index in [9.17, 15) is 4.79 Å². The second kappa shape index (κ2) is 8.17. The molecular weight excluding hydrogens is 298 g/mol. The van der Waals surface area contributed by atoms with Gasteiger partial charge in [0, 0.05) is 25.0 Å². The van der Waals surface area contributed by atoms with E-state index in [0.29, 0.717) is 13.2 Å². The number of likely N-dealkylation sites (tertiary alicyclic amines) is 1. The van der Waals surface area contributed by atoms with Crippen molar-refractivity contribution in [2.75, 3.05) is 26.7 Å². The molecule has 2 heterocycles. The van der Waals surface area contributed by atoms with E-state index in [1.165, 1.54) is 10.4 Å². The molecule has 0 aromatic carbocycles. The zero-order chi connectivity index (χ0) is 15.9. The van der Waals surface area contributed by atoms with Gasteiger partial charge in [-0.1, -0.05) is 0 Å². The molecule has 0 radical (unpaired) electrons. The summed E-state index contributed by atoms with van der Waals surface area (Å²) in [4.78, 5) is 19.8. The lowest BCUT2D eigenvalue weighted by Crippen LogP contribution is -2.48. The summed E-state index contributed by atoms with van der Waals surface area (Å²) in [6.07, 6.45) is 1.89. The Hall–Kier alpha value is -1.56. The molecule has 122 valence electrons. The molecule has 0 amide bonds. The van der Waals surface area contributed by atoms with Crippen LogP contribution in [0.25, 0.3) is 0 Å². The van der Waals surface area contributed by atoms with Gasteiger partial charge >= 0.3 is 5.97 Å². The van der Waals surface area contributed by atoms with Crippen molar-refractivity contribution in [2.45, 2.75) is 33.2 Å². The van der Waals surface area contributed by atoms with Gasteiger partial charge in [0.25, 0.3) is 0 Å². The number of thiophene rings is 1.